The lowest BCUT2D eigenvalue weighted by Crippen LogP contribution is -2.54. The summed E-state index contributed by atoms with van der Waals surface area (Å²) in [5.74, 6) is -3.52. The van der Waals surface area contributed by atoms with E-state index < -0.39 is 47.9 Å². The number of carbonyl (C=O) groups excluding carboxylic acids is 5. The molecular formula is C51H68N2O9. The summed E-state index contributed by atoms with van der Waals surface area (Å²) < 4.78 is 23.1. The first-order chi connectivity index (χ1) is 29.8. The van der Waals surface area contributed by atoms with Crippen LogP contribution >= 0.6 is 0 Å². The number of ether oxygens (including phenoxy) is 4. The van der Waals surface area contributed by atoms with E-state index in [1.165, 1.54) is 7.11 Å². The zero-order chi connectivity index (χ0) is 45.1. The van der Waals surface area contributed by atoms with Crippen LogP contribution in [0.15, 0.2) is 78.9 Å². The summed E-state index contributed by atoms with van der Waals surface area (Å²) in [6.45, 7) is 10.5. The molecule has 2 aliphatic rings. The number of nitrogens with zero attached hydrogens (tertiary/aromatic N) is 2. The number of hydrogen-bond donors (Lipinski definition) is 0. The van der Waals surface area contributed by atoms with Gasteiger partial charge in [0.05, 0.1) is 56.1 Å². The number of benzene rings is 3. The van der Waals surface area contributed by atoms with Crippen LogP contribution in [0.25, 0.3) is 11.1 Å². The quantitative estimate of drug-likeness (QED) is 0.0927. The molecule has 1 aliphatic carbocycles. The van der Waals surface area contributed by atoms with E-state index in [4.69, 9.17) is 18.9 Å². The van der Waals surface area contributed by atoms with Crippen LogP contribution in [0.5, 0.6) is 0 Å². The molecule has 5 rings (SSSR count). The number of likely N-dealkylation sites (tertiary alicyclic amines) is 1. The Morgan fingerprint density at radius 2 is 1.40 bits per heavy atom. The zero-order valence-corrected chi connectivity index (χ0v) is 38.2. The molecule has 11 heteroatoms. The van der Waals surface area contributed by atoms with Crippen LogP contribution in [0.4, 0.5) is 0 Å². The van der Waals surface area contributed by atoms with E-state index >= 15 is 0 Å². The fraction of sp³-hybridized carbons (Fsp3) is 0.549. The number of methoxy groups -OCH3 is 3. The summed E-state index contributed by atoms with van der Waals surface area (Å²) in [4.78, 5) is 72.5. The maximum absolute atomic E-state index is 14.5. The van der Waals surface area contributed by atoms with Gasteiger partial charge >= 0.3 is 11.9 Å². The molecular weight excluding hydrogens is 785 g/mol. The number of ketones is 1. The van der Waals surface area contributed by atoms with Crippen LogP contribution in [-0.2, 0) is 49.3 Å². The van der Waals surface area contributed by atoms with Gasteiger partial charge in [0.15, 0.2) is 0 Å². The van der Waals surface area contributed by atoms with Gasteiger partial charge in [-0.25, -0.2) is 0 Å². The third-order valence-corrected chi connectivity index (χ3v) is 13.5. The second-order valence-electron chi connectivity index (χ2n) is 17.6. The molecule has 1 aliphatic heterocycles. The Labute approximate surface area is 368 Å². The van der Waals surface area contributed by atoms with Crippen molar-refractivity contribution in [3.63, 3.8) is 0 Å². The first kappa shape index (κ1) is 48.2. The van der Waals surface area contributed by atoms with Gasteiger partial charge in [0.1, 0.15) is 12.4 Å². The largest absolute Gasteiger partial charge is 0.469 e. The van der Waals surface area contributed by atoms with Crippen molar-refractivity contribution in [1.82, 2.24) is 9.80 Å². The number of esters is 2. The molecule has 0 radical (unpaired) electrons. The molecule has 8 atom stereocenters. The summed E-state index contributed by atoms with van der Waals surface area (Å²) >= 11 is 0. The molecule has 0 unspecified atom stereocenters. The van der Waals surface area contributed by atoms with Gasteiger partial charge < -0.3 is 28.7 Å². The lowest BCUT2D eigenvalue weighted by Gasteiger charge is -2.40. The molecule has 0 N–H and O–H groups in total. The average molecular weight is 853 g/mol. The SMILES string of the molecule is CC[C@H](C)[C@@H]([C@@H](CC(=O)N1CCC[C@H]1[C@H](OC)[C@@H](C)C(=O)C[C@@H](Cc1ccccc1)C(=O)OC)OC)N(C)C(=O)[C@@H](CC(=O)OCC1c2ccccc2-c2ccccc21)C(C)C. The van der Waals surface area contributed by atoms with Gasteiger partial charge in [0.25, 0.3) is 0 Å². The Hall–Kier alpha value is -4.87. The Morgan fingerprint density at radius 3 is 1.97 bits per heavy atom. The summed E-state index contributed by atoms with van der Waals surface area (Å²) in [5, 5.41) is 0. The molecule has 0 saturated carbocycles. The second kappa shape index (κ2) is 22.5. The highest BCUT2D eigenvalue weighted by atomic mass is 16.5. The molecule has 336 valence electrons. The minimum Gasteiger partial charge on any atom is -0.469 e. The van der Waals surface area contributed by atoms with Crippen LogP contribution in [0.1, 0.15) is 95.8 Å². The highest BCUT2D eigenvalue weighted by Gasteiger charge is 2.43. The van der Waals surface area contributed by atoms with Crippen LogP contribution in [0.3, 0.4) is 0 Å². The summed E-state index contributed by atoms with van der Waals surface area (Å²) in [5.41, 5.74) is 5.47. The van der Waals surface area contributed by atoms with Gasteiger partial charge in [0.2, 0.25) is 11.8 Å². The normalized spacial score (nSPS) is 18.2. The predicted molar refractivity (Wildman–Crippen MR) is 239 cm³/mol. The standard InChI is InChI=1S/C51H68N2O9/c1-10-33(4)48(52(6)50(57)41(32(2)3)29-47(56)62-31-42-39-23-16-14-21-37(39)38-22-15-17-24-40(38)42)45(59-7)30-46(55)53-26-18-25-43(53)49(60-8)34(5)44(54)28-36(51(58)61-9)27-35-19-12-11-13-20-35/h11-17,19-24,32-34,36,41-43,45,48-49H,10,18,25-31H2,1-9H3/t33-,34-,36+,41-,43-,45+,48-,49+/m0/s1. The van der Waals surface area contributed by atoms with Crippen LogP contribution in [0.2, 0.25) is 0 Å². The second-order valence-corrected chi connectivity index (χ2v) is 17.6. The Balaban J connectivity index is 1.25. The van der Waals surface area contributed by atoms with Crippen molar-refractivity contribution in [1.29, 1.82) is 0 Å². The highest BCUT2D eigenvalue weighted by Crippen LogP contribution is 2.44. The van der Waals surface area contributed by atoms with Gasteiger partial charge in [-0.05, 0) is 58.9 Å². The summed E-state index contributed by atoms with van der Waals surface area (Å²) in [6, 6.07) is 25.1. The maximum Gasteiger partial charge on any atom is 0.309 e. The molecule has 1 fully saturated rings. The topological polar surface area (TPSA) is 129 Å². The van der Waals surface area contributed by atoms with Crippen molar-refractivity contribution >= 4 is 29.5 Å². The molecule has 2 amide bonds. The Morgan fingerprint density at radius 1 is 0.790 bits per heavy atom. The first-order valence-corrected chi connectivity index (χ1v) is 22.4. The number of hydrogen-bond acceptors (Lipinski definition) is 9. The van der Waals surface area contributed by atoms with Crippen molar-refractivity contribution in [2.45, 2.75) is 110 Å². The molecule has 0 spiro atoms. The van der Waals surface area contributed by atoms with Crippen molar-refractivity contribution in [3.8, 4) is 11.1 Å². The van der Waals surface area contributed by atoms with E-state index in [9.17, 15) is 24.0 Å². The number of Topliss-reactive ketones (excluding diaryl/α,β-unsaturated/α-hetero) is 1. The van der Waals surface area contributed by atoms with E-state index in [1.807, 2.05) is 82.3 Å². The van der Waals surface area contributed by atoms with Crippen LogP contribution < -0.4 is 0 Å². The lowest BCUT2D eigenvalue weighted by molar-refractivity contribution is -0.153. The van der Waals surface area contributed by atoms with E-state index in [2.05, 4.69) is 24.3 Å². The zero-order valence-electron chi connectivity index (χ0n) is 38.2. The van der Waals surface area contributed by atoms with Gasteiger partial charge in [-0.1, -0.05) is 120 Å². The lowest BCUT2D eigenvalue weighted by atomic mass is 9.85. The fourth-order valence-electron chi connectivity index (χ4n) is 9.80. The molecule has 11 nitrogen and oxygen atoms in total. The van der Waals surface area contributed by atoms with E-state index in [0.29, 0.717) is 19.4 Å². The van der Waals surface area contributed by atoms with Gasteiger partial charge in [0, 0.05) is 46.1 Å². The van der Waals surface area contributed by atoms with Gasteiger partial charge in [-0.3, -0.25) is 24.0 Å². The molecule has 0 aromatic heterocycles. The molecule has 3 aromatic carbocycles. The fourth-order valence-corrected chi connectivity index (χ4v) is 9.80. The number of fused-ring (bicyclic) bond motifs is 3. The predicted octanol–water partition coefficient (Wildman–Crippen LogP) is 7.92. The minimum absolute atomic E-state index is 0.00930. The van der Waals surface area contributed by atoms with Crippen molar-refractivity contribution in [2.24, 2.45) is 29.6 Å². The summed E-state index contributed by atoms with van der Waals surface area (Å²) in [7, 11) is 6.20. The van der Waals surface area contributed by atoms with Crippen LogP contribution in [0, 0.1) is 29.6 Å². The van der Waals surface area contributed by atoms with E-state index in [1.54, 1.807) is 38.0 Å². The smallest absolute Gasteiger partial charge is 0.309 e. The monoisotopic (exact) mass is 852 g/mol. The van der Waals surface area contributed by atoms with Gasteiger partial charge in [-0.15, -0.1) is 0 Å². The first-order valence-electron chi connectivity index (χ1n) is 22.4. The third kappa shape index (κ3) is 11.2. The Bertz CT molecular complexity index is 1940. The third-order valence-electron chi connectivity index (χ3n) is 13.5. The number of amides is 2. The average Bonchev–Trinajstić information content (AvgIpc) is 3.90. The van der Waals surface area contributed by atoms with Gasteiger partial charge in [-0.2, -0.15) is 0 Å². The molecule has 0 bridgehead atoms. The Kier molecular flexibility index (Phi) is 17.5. The molecule has 62 heavy (non-hydrogen) atoms. The number of likely N-dealkylation sites (N-methyl/N-ethyl adjacent to an activating group) is 1. The van der Waals surface area contributed by atoms with Crippen LogP contribution in [-0.4, -0.2) is 105 Å². The number of carbonyl (C=O) groups is 5. The molecule has 1 heterocycles. The minimum atomic E-state index is -0.648. The van der Waals surface area contributed by atoms with E-state index in [-0.39, 0.29) is 67.3 Å². The van der Waals surface area contributed by atoms with E-state index in [0.717, 1.165) is 40.7 Å². The molecule has 1 saturated heterocycles. The van der Waals surface area contributed by atoms with Crippen molar-refractivity contribution in [2.75, 3.05) is 41.5 Å². The highest BCUT2D eigenvalue weighted by molar-refractivity contribution is 5.87. The maximum atomic E-state index is 14.5. The van der Waals surface area contributed by atoms with Crippen molar-refractivity contribution < 1.29 is 42.9 Å². The summed E-state index contributed by atoms with van der Waals surface area (Å²) in [6.07, 6.45) is 1.19. The number of rotatable bonds is 22. The van der Waals surface area contributed by atoms with Crippen molar-refractivity contribution in [3.05, 3.63) is 95.6 Å². The molecule has 3 aromatic rings.